The first-order valence-corrected chi connectivity index (χ1v) is 8.12. The predicted octanol–water partition coefficient (Wildman–Crippen LogP) is 2.72. The Morgan fingerprint density at radius 2 is 2.15 bits per heavy atom. The molecule has 0 aliphatic heterocycles. The van der Waals surface area contributed by atoms with Gasteiger partial charge in [-0.15, -0.1) is 0 Å². The maximum absolute atomic E-state index is 12.0. The molecule has 3 aromatic rings. The quantitative estimate of drug-likeness (QED) is 0.505. The van der Waals surface area contributed by atoms with Crippen LogP contribution >= 0.6 is 11.6 Å². The first-order chi connectivity index (χ1) is 12.5. The van der Waals surface area contributed by atoms with Gasteiger partial charge in [-0.25, -0.2) is 0 Å². The van der Waals surface area contributed by atoms with Crippen LogP contribution in [-0.4, -0.2) is 30.4 Å². The lowest BCUT2D eigenvalue weighted by atomic mass is 10.2. The van der Waals surface area contributed by atoms with E-state index in [0.29, 0.717) is 17.4 Å². The van der Waals surface area contributed by atoms with E-state index in [2.05, 4.69) is 15.5 Å². The van der Waals surface area contributed by atoms with Gasteiger partial charge in [0.15, 0.2) is 5.82 Å². The number of hydrogen-bond acceptors (Lipinski definition) is 5. The van der Waals surface area contributed by atoms with Gasteiger partial charge in [0.25, 0.3) is 0 Å². The minimum Gasteiger partial charge on any atom is -0.309 e. The van der Waals surface area contributed by atoms with Gasteiger partial charge in [-0.3, -0.25) is 24.3 Å². The molecule has 0 saturated heterocycles. The van der Waals surface area contributed by atoms with Crippen molar-refractivity contribution in [3.05, 3.63) is 69.6 Å². The van der Waals surface area contributed by atoms with Crippen molar-refractivity contribution in [1.29, 1.82) is 0 Å². The van der Waals surface area contributed by atoms with Crippen molar-refractivity contribution in [3.8, 4) is 0 Å². The van der Waals surface area contributed by atoms with Gasteiger partial charge in [-0.1, -0.05) is 23.7 Å². The third kappa shape index (κ3) is 4.67. The number of nitrogens with one attached hydrogen (secondary N) is 1. The Balaban J connectivity index is 1.51. The Hall–Kier alpha value is -3.20. The maximum Gasteiger partial charge on any atom is 0.306 e. The van der Waals surface area contributed by atoms with Crippen molar-refractivity contribution in [2.45, 2.75) is 19.5 Å². The van der Waals surface area contributed by atoms with Crippen molar-refractivity contribution in [1.82, 2.24) is 19.6 Å². The van der Waals surface area contributed by atoms with Crippen molar-refractivity contribution in [2.75, 3.05) is 5.32 Å². The lowest BCUT2D eigenvalue weighted by Gasteiger charge is -2.04. The van der Waals surface area contributed by atoms with Gasteiger partial charge in [0.2, 0.25) is 5.91 Å². The molecule has 0 aliphatic carbocycles. The van der Waals surface area contributed by atoms with E-state index >= 15 is 0 Å². The molecule has 2 aromatic heterocycles. The lowest BCUT2D eigenvalue weighted by Crippen LogP contribution is -2.15. The van der Waals surface area contributed by atoms with Crippen LogP contribution in [-0.2, 0) is 17.9 Å². The third-order valence-corrected chi connectivity index (χ3v) is 3.78. The average molecular weight is 375 g/mol. The number of rotatable bonds is 7. The lowest BCUT2D eigenvalue weighted by molar-refractivity contribution is -0.385. The van der Waals surface area contributed by atoms with Crippen LogP contribution in [0.2, 0.25) is 5.02 Å². The van der Waals surface area contributed by atoms with Gasteiger partial charge >= 0.3 is 5.69 Å². The zero-order valence-electron chi connectivity index (χ0n) is 13.6. The largest absolute Gasteiger partial charge is 0.309 e. The van der Waals surface area contributed by atoms with Crippen molar-refractivity contribution < 1.29 is 9.72 Å². The van der Waals surface area contributed by atoms with Gasteiger partial charge in [0.05, 0.1) is 11.5 Å². The van der Waals surface area contributed by atoms with Crippen LogP contribution in [0.1, 0.15) is 12.0 Å². The summed E-state index contributed by atoms with van der Waals surface area (Å²) in [5.41, 5.74) is 0.893. The van der Waals surface area contributed by atoms with E-state index in [4.69, 9.17) is 11.6 Å². The van der Waals surface area contributed by atoms with Crippen molar-refractivity contribution in [2.24, 2.45) is 0 Å². The van der Waals surface area contributed by atoms with Crippen LogP contribution in [0.5, 0.6) is 0 Å². The highest BCUT2D eigenvalue weighted by molar-refractivity contribution is 6.30. The highest BCUT2D eigenvalue weighted by atomic mass is 35.5. The summed E-state index contributed by atoms with van der Waals surface area (Å²) >= 11 is 5.96. The number of aryl methyl sites for hydroxylation is 1. The number of carbonyl (C=O) groups excluding carboxylic acids is 1. The fourth-order valence-electron chi connectivity index (χ4n) is 2.33. The molecule has 3 rings (SSSR count). The van der Waals surface area contributed by atoms with Crippen LogP contribution < -0.4 is 5.32 Å². The third-order valence-electron chi connectivity index (χ3n) is 3.54. The summed E-state index contributed by atoms with van der Waals surface area (Å²) in [6, 6.07) is 9.15. The SMILES string of the molecule is O=C(CCn1cc([N+](=O)[O-])cn1)Nc1ccn(Cc2cccc(Cl)c2)n1. The van der Waals surface area contributed by atoms with E-state index in [1.165, 1.54) is 10.9 Å². The van der Waals surface area contributed by atoms with E-state index < -0.39 is 4.92 Å². The second kappa shape index (κ2) is 7.79. The molecule has 26 heavy (non-hydrogen) atoms. The summed E-state index contributed by atoms with van der Waals surface area (Å²) in [5, 5.41) is 22.1. The van der Waals surface area contributed by atoms with Crippen LogP contribution in [0.3, 0.4) is 0 Å². The fourth-order valence-corrected chi connectivity index (χ4v) is 2.54. The van der Waals surface area contributed by atoms with Gasteiger partial charge in [-0.05, 0) is 17.7 Å². The van der Waals surface area contributed by atoms with Gasteiger partial charge in [0, 0.05) is 30.3 Å². The maximum atomic E-state index is 12.0. The molecule has 9 nitrogen and oxygen atoms in total. The summed E-state index contributed by atoms with van der Waals surface area (Å²) in [4.78, 5) is 22.1. The second-order valence-electron chi connectivity index (χ2n) is 5.55. The molecule has 0 radical (unpaired) electrons. The number of nitro groups is 1. The second-order valence-corrected chi connectivity index (χ2v) is 5.98. The molecule has 0 saturated carbocycles. The highest BCUT2D eigenvalue weighted by Crippen LogP contribution is 2.13. The zero-order chi connectivity index (χ0) is 18.5. The average Bonchev–Trinajstić information content (AvgIpc) is 3.23. The van der Waals surface area contributed by atoms with Gasteiger partial charge in [0.1, 0.15) is 12.4 Å². The van der Waals surface area contributed by atoms with Crippen molar-refractivity contribution in [3.63, 3.8) is 0 Å². The molecule has 0 spiro atoms. The summed E-state index contributed by atoms with van der Waals surface area (Å²) in [7, 11) is 0. The topological polar surface area (TPSA) is 108 Å². The van der Waals surface area contributed by atoms with Gasteiger partial charge in [-0.2, -0.15) is 10.2 Å². The first kappa shape index (κ1) is 17.6. The number of benzene rings is 1. The molecule has 0 aliphatic rings. The molecule has 2 heterocycles. The normalized spacial score (nSPS) is 10.7. The van der Waals surface area contributed by atoms with E-state index in [0.717, 1.165) is 11.8 Å². The smallest absolute Gasteiger partial charge is 0.306 e. The molecule has 134 valence electrons. The summed E-state index contributed by atoms with van der Waals surface area (Å²) < 4.78 is 3.05. The zero-order valence-corrected chi connectivity index (χ0v) is 14.3. The molecule has 0 atom stereocenters. The van der Waals surface area contributed by atoms with Crippen molar-refractivity contribution >= 4 is 29.0 Å². The molecule has 0 fully saturated rings. The standard InChI is InChI=1S/C16H15ClN6O3/c17-13-3-1-2-12(8-13)10-22-6-4-15(20-22)19-16(24)5-7-21-11-14(9-18-21)23(25)26/h1-4,6,8-9,11H,5,7,10H2,(H,19,20,24). The van der Waals surface area contributed by atoms with Gasteiger partial charge < -0.3 is 5.32 Å². The molecule has 1 amide bonds. The minimum atomic E-state index is -0.532. The Labute approximate surface area is 153 Å². The summed E-state index contributed by atoms with van der Waals surface area (Å²) in [5.74, 6) is 0.180. The number of anilines is 1. The number of aromatic nitrogens is 4. The Morgan fingerprint density at radius 1 is 1.31 bits per heavy atom. The molecular formula is C16H15ClN6O3. The number of carbonyl (C=O) groups is 1. The molecule has 1 aromatic carbocycles. The fraction of sp³-hybridized carbons (Fsp3) is 0.188. The van der Waals surface area contributed by atoms with E-state index in [1.54, 1.807) is 23.0 Å². The molecule has 10 heteroatoms. The Bertz CT molecular complexity index is 935. The van der Waals surface area contributed by atoms with E-state index in [1.807, 2.05) is 18.2 Å². The van der Waals surface area contributed by atoms with E-state index in [9.17, 15) is 14.9 Å². The molecule has 0 bridgehead atoms. The van der Waals surface area contributed by atoms with E-state index in [-0.39, 0.29) is 24.6 Å². The number of amides is 1. The van der Waals surface area contributed by atoms with Crippen LogP contribution in [0, 0.1) is 10.1 Å². The number of hydrogen-bond donors (Lipinski definition) is 1. The Morgan fingerprint density at radius 3 is 2.88 bits per heavy atom. The van der Waals surface area contributed by atoms with Crippen LogP contribution in [0.15, 0.2) is 48.9 Å². The summed E-state index contributed by atoms with van der Waals surface area (Å²) in [6.45, 7) is 0.774. The number of nitrogens with zero attached hydrogens (tertiary/aromatic N) is 5. The monoisotopic (exact) mass is 374 g/mol. The van der Waals surface area contributed by atoms with Crippen LogP contribution in [0.4, 0.5) is 11.5 Å². The summed E-state index contributed by atoms with van der Waals surface area (Å²) in [6.07, 6.45) is 4.32. The molecular weight excluding hydrogens is 360 g/mol. The minimum absolute atomic E-state index is 0.106. The predicted molar refractivity (Wildman–Crippen MR) is 94.9 cm³/mol. The molecule has 1 N–H and O–H groups in total. The first-order valence-electron chi connectivity index (χ1n) is 7.74. The Kier molecular flexibility index (Phi) is 5.28. The molecule has 0 unspecified atom stereocenters. The van der Waals surface area contributed by atoms with Crippen LogP contribution in [0.25, 0.3) is 0 Å². The highest BCUT2D eigenvalue weighted by Gasteiger charge is 2.10. The number of halogens is 1.